The molecule has 132 valence electrons. The number of piperidine rings is 1. The summed E-state index contributed by atoms with van der Waals surface area (Å²) in [6.07, 6.45) is 4.95. The van der Waals surface area contributed by atoms with Crippen LogP contribution in [0, 0.1) is 5.92 Å². The summed E-state index contributed by atoms with van der Waals surface area (Å²) >= 11 is 1.47. The van der Waals surface area contributed by atoms with Gasteiger partial charge in [0, 0.05) is 31.6 Å². The third-order valence-electron chi connectivity index (χ3n) is 4.56. The van der Waals surface area contributed by atoms with E-state index in [9.17, 15) is 4.79 Å². The van der Waals surface area contributed by atoms with E-state index in [1.165, 1.54) is 43.8 Å². The summed E-state index contributed by atoms with van der Waals surface area (Å²) in [5.41, 5.74) is 6.12. The second-order valence-electron chi connectivity index (χ2n) is 6.07. The number of hydrogen-bond donors (Lipinski definition) is 1. The Kier molecular flexibility index (Phi) is 8.79. The number of nitrogens with two attached hydrogens (primary N) is 1. The van der Waals surface area contributed by atoms with Crippen molar-refractivity contribution >= 4 is 42.1 Å². The fraction of sp³-hybridized carbons (Fsp3) is 0.733. The first-order valence-corrected chi connectivity index (χ1v) is 8.80. The molecule has 0 saturated carbocycles. The van der Waals surface area contributed by atoms with Gasteiger partial charge in [0.05, 0.1) is 0 Å². The quantitative estimate of drug-likeness (QED) is 0.870. The zero-order valence-corrected chi connectivity index (χ0v) is 15.7. The second kappa shape index (κ2) is 9.79. The average Bonchev–Trinajstić information content (AvgIpc) is 3.18. The lowest BCUT2D eigenvalue weighted by molar-refractivity contribution is 0.0667. The molecule has 0 aromatic carbocycles. The molecule has 23 heavy (non-hydrogen) atoms. The molecule has 0 unspecified atom stereocenters. The standard InChI is InChI=1S/C15H24N4OS.2ClH/c16-9-14-17-13(11-21-14)15(20)19-7-3-12(4-8-19)10-18-5-1-2-6-18;;/h11-12H,1-10,16H2;2*1H. The molecule has 3 rings (SSSR count). The normalized spacial score (nSPS) is 19.3. The van der Waals surface area contributed by atoms with Gasteiger partial charge in [0.2, 0.25) is 0 Å². The molecule has 3 heterocycles. The van der Waals surface area contributed by atoms with Gasteiger partial charge >= 0.3 is 0 Å². The zero-order chi connectivity index (χ0) is 14.7. The topological polar surface area (TPSA) is 62.5 Å². The van der Waals surface area contributed by atoms with Crippen LogP contribution in [0.15, 0.2) is 5.38 Å². The van der Waals surface area contributed by atoms with E-state index in [0.29, 0.717) is 12.2 Å². The van der Waals surface area contributed by atoms with E-state index in [0.717, 1.165) is 36.9 Å². The molecule has 2 aliphatic rings. The minimum absolute atomic E-state index is 0. The van der Waals surface area contributed by atoms with Crippen molar-refractivity contribution in [3.8, 4) is 0 Å². The SMILES string of the molecule is Cl.Cl.NCc1nc(C(=O)N2CCC(CN3CCCC3)CC2)cs1. The highest BCUT2D eigenvalue weighted by Crippen LogP contribution is 2.22. The minimum Gasteiger partial charge on any atom is -0.337 e. The van der Waals surface area contributed by atoms with Gasteiger partial charge in [-0.15, -0.1) is 36.2 Å². The number of aromatic nitrogens is 1. The fourth-order valence-corrected chi connectivity index (χ4v) is 3.96. The van der Waals surface area contributed by atoms with Crippen LogP contribution in [0.1, 0.15) is 41.2 Å². The molecule has 0 spiro atoms. The fourth-order valence-electron chi connectivity index (χ4n) is 3.31. The van der Waals surface area contributed by atoms with E-state index in [-0.39, 0.29) is 30.7 Å². The summed E-state index contributed by atoms with van der Waals surface area (Å²) in [5, 5.41) is 2.67. The maximum absolute atomic E-state index is 12.4. The Morgan fingerprint density at radius 2 is 1.87 bits per heavy atom. The van der Waals surface area contributed by atoms with E-state index in [1.54, 1.807) is 0 Å². The molecule has 2 aliphatic heterocycles. The van der Waals surface area contributed by atoms with Crippen LogP contribution in [0.25, 0.3) is 0 Å². The maximum atomic E-state index is 12.4. The molecule has 5 nitrogen and oxygen atoms in total. The number of thiazole rings is 1. The molecule has 0 radical (unpaired) electrons. The molecule has 2 N–H and O–H groups in total. The largest absolute Gasteiger partial charge is 0.337 e. The number of likely N-dealkylation sites (tertiary alicyclic amines) is 2. The second-order valence-corrected chi connectivity index (χ2v) is 7.02. The van der Waals surface area contributed by atoms with Gasteiger partial charge in [0.1, 0.15) is 10.7 Å². The third kappa shape index (κ3) is 5.29. The number of carbonyl (C=O) groups is 1. The molecular formula is C15H26Cl2N4OS. The Morgan fingerprint density at radius 3 is 2.43 bits per heavy atom. The molecule has 0 atom stereocenters. The van der Waals surface area contributed by atoms with Crippen LogP contribution in [0.4, 0.5) is 0 Å². The Balaban J connectivity index is 0.00000132. The number of carbonyl (C=O) groups excluding carboxylic acids is 1. The molecule has 1 amide bonds. The summed E-state index contributed by atoms with van der Waals surface area (Å²) in [6, 6.07) is 0. The Bertz CT molecular complexity index is 486. The smallest absolute Gasteiger partial charge is 0.273 e. The van der Waals surface area contributed by atoms with Gasteiger partial charge in [-0.2, -0.15) is 0 Å². The highest BCUT2D eigenvalue weighted by molar-refractivity contribution is 7.09. The van der Waals surface area contributed by atoms with Crippen LogP contribution >= 0.6 is 36.2 Å². The van der Waals surface area contributed by atoms with Crippen molar-refractivity contribution in [3.05, 3.63) is 16.1 Å². The zero-order valence-electron chi connectivity index (χ0n) is 13.3. The van der Waals surface area contributed by atoms with Crippen molar-refractivity contribution in [2.24, 2.45) is 11.7 Å². The summed E-state index contributed by atoms with van der Waals surface area (Å²) in [6.45, 7) is 5.89. The van der Waals surface area contributed by atoms with Gasteiger partial charge in [-0.1, -0.05) is 0 Å². The summed E-state index contributed by atoms with van der Waals surface area (Å²) < 4.78 is 0. The van der Waals surface area contributed by atoms with Gasteiger partial charge in [-0.25, -0.2) is 4.98 Å². The summed E-state index contributed by atoms with van der Waals surface area (Å²) in [7, 11) is 0. The predicted molar refractivity (Wildman–Crippen MR) is 98.8 cm³/mol. The first kappa shape index (κ1) is 20.6. The molecule has 0 aliphatic carbocycles. The van der Waals surface area contributed by atoms with E-state index < -0.39 is 0 Å². The molecule has 8 heteroatoms. The van der Waals surface area contributed by atoms with Crippen molar-refractivity contribution in [2.45, 2.75) is 32.2 Å². The van der Waals surface area contributed by atoms with E-state index in [2.05, 4.69) is 9.88 Å². The monoisotopic (exact) mass is 380 g/mol. The van der Waals surface area contributed by atoms with Crippen LogP contribution < -0.4 is 5.73 Å². The van der Waals surface area contributed by atoms with Crippen LogP contribution in [-0.2, 0) is 6.54 Å². The van der Waals surface area contributed by atoms with Crippen LogP contribution in [0.5, 0.6) is 0 Å². The van der Waals surface area contributed by atoms with Crippen molar-refractivity contribution in [1.29, 1.82) is 0 Å². The minimum atomic E-state index is 0. The van der Waals surface area contributed by atoms with Crippen molar-refractivity contribution in [1.82, 2.24) is 14.8 Å². The Morgan fingerprint density at radius 1 is 1.22 bits per heavy atom. The Hall–Kier alpha value is -0.400. The van der Waals surface area contributed by atoms with Crippen molar-refractivity contribution < 1.29 is 4.79 Å². The molecule has 2 fully saturated rings. The first-order valence-electron chi connectivity index (χ1n) is 7.92. The molecule has 0 bridgehead atoms. The lowest BCUT2D eigenvalue weighted by Gasteiger charge is -2.33. The molecule has 1 aromatic rings. The lowest BCUT2D eigenvalue weighted by atomic mass is 9.96. The first-order chi connectivity index (χ1) is 10.3. The van der Waals surface area contributed by atoms with E-state index in [4.69, 9.17) is 5.73 Å². The predicted octanol–water partition coefficient (Wildman–Crippen LogP) is 2.39. The highest BCUT2D eigenvalue weighted by atomic mass is 35.5. The summed E-state index contributed by atoms with van der Waals surface area (Å²) in [5.74, 6) is 0.827. The number of amides is 1. The van der Waals surface area contributed by atoms with Gasteiger partial charge in [-0.3, -0.25) is 4.79 Å². The average molecular weight is 381 g/mol. The van der Waals surface area contributed by atoms with Crippen LogP contribution in [-0.4, -0.2) is 53.4 Å². The van der Waals surface area contributed by atoms with Gasteiger partial charge in [0.15, 0.2) is 0 Å². The summed E-state index contributed by atoms with van der Waals surface area (Å²) in [4.78, 5) is 21.2. The Labute approximate surface area is 154 Å². The lowest BCUT2D eigenvalue weighted by Crippen LogP contribution is -2.41. The molecular weight excluding hydrogens is 355 g/mol. The van der Waals surface area contributed by atoms with Crippen LogP contribution in [0.2, 0.25) is 0 Å². The van der Waals surface area contributed by atoms with Gasteiger partial charge in [0.25, 0.3) is 5.91 Å². The van der Waals surface area contributed by atoms with Crippen LogP contribution in [0.3, 0.4) is 0 Å². The number of halogens is 2. The van der Waals surface area contributed by atoms with Crippen molar-refractivity contribution in [3.63, 3.8) is 0 Å². The third-order valence-corrected chi connectivity index (χ3v) is 5.43. The number of rotatable bonds is 4. The van der Waals surface area contributed by atoms with E-state index in [1.807, 2.05) is 10.3 Å². The van der Waals surface area contributed by atoms with E-state index >= 15 is 0 Å². The molecule has 2 saturated heterocycles. The maximum Gasteiger partial charge on any atom is 0.273 e. The van der Waals surface area contributed by atoms with Crippen molar-refractivity contribution in [2.75, 3.05) is 32.7 Å². The number of nitrogens with zero attached hydrogens (tertiary/aromatic N) is 3. The highest BCUT2D eigenvalue weighted by Gasteiger charge is 2.26. The molecule has 1 aromatic heterocycles. The van der Waals surface area contributed by atoms with Gasteiger partial charge in [-0.05, 0) is 44.7 Å². The van der Waals surface area contributed by atoms with Gasteiger partial charge < -0.3 is 15.5 Å². The number of hydrogen-bond acceptors (Lipinski definition) is 5.